The standard InChI is InChI=1S/C12H18N2O3S/c1-8(14-11(16)17-12(2,3)4)10(15)5-9-6-13-7-18-9/h6-8H,5H2,1-4H3,(H,14,16)/t8-/m1/s1. The summed E-state index contributed by atoms with van der Waals surface area (Å²) in [5.74, 6) is -0.0647. The van der Waals surface area contributed by atoms with E-state index < -0.39 is 17.7 Å². The van der Waals surface area contributed by atoms with E-state index in [2.05, 4.69) is 10.3 Å². The number of carbonyl (C=O) groups is 2. The first-order valence-corrected chi connectivity index (χ1v) is 6.55. The third-order valence-corrected chi connectivity index (χ3v) is 2.83. The lowest BCUT2D eigenvalue weighted by Gasteiger charge is -2.21. The van der Waals surface area contributed by atoms with Gasteiger partial charge in [0.15, 0.2) is 5.78 Å². The Hall–Kier alpha value is -1.43. The molecule has 0 unspecified atom stereocenters. The van der Waals surface area contributed by atoms with Gasteiger partial charge in [0.2, 0.25) is 0 Å². The van der Waals surface area contributed by atoms with E-state index in [1.807, 2.05) is 0 Å². The molecule has 0 aliphatic carbocycles. The van der Waals surface area contributed by atoms with Crippen molar-refractivity contribution in [2.75, 3.05) is 0 Å². The van der Waals surface area contributed by atoms with Gasteiger partial charge >= 0.3 is 6.09 Å². The van der Waals surface area contributed by atoms with E-state index in [4.69, 9.17) is 4.74 Å². The Bertz CT molecular complexity index is 409. The van der Waals surface area contributed by atoms with Crippen LogP contribution in [0.2, 0.25) is 0 Å². The van der Waals surface area contributed by atoms with E-state index in [0.29, 0.717) is 0 Å². The first-order valence-electron chi connectivity index (χ1n) is 5.67. The molecular formula is C12H18N2O3S. The maximum atomic E-state index is 11.8. The van der Waals surface area contributed by atoms with Gasteiger partial charge in [0.25, 0.3) is 0 Å². The van der Waals surface area contributed by atoms with Crippen molar-refractivity contribution in [3.8, 4) is 0 Å². The number of rotatable bonds is 4. The second-order valence-electron chi connectivity index (χ2n) is 4.98. The lowest BCUT2D eigenvalue weighted by molar-refractivity contribution is -0.120. The summed E-state index contributed by atoms with van der Waals surface area (Å²) in [6.45, 7) is 6.97. The summed E-state index contributed by atoms with van der Waals surface area (Å²) in [6, 6.07) is -0.568. The molecule has 1 atom stereocenters. The number of carbonyl (C=O) groups excluding carboxylic acids is 2. The number of nitrogens with zero attached hydrogens (tertiary/aromatic N) is 1. The monoisotopic (exact) mass is 270 g/mol. The van der Waals surface area contributed by atoms with Crippen molar-refractivity contribution in [1.29, 1.82) is 0 Å². The van der Waals surface area contributed by atoms with Gasteiger partial charge in [-0.3, -0.25) is 9.78 Å². The second kappa shape index (κ2) is 5.95. The normalized spacial score (nSPS) is 12.9. The molecule has 0 spiro atoms. The van der Waals surface area contributed by atoms with Gasteiger partial charge in [-0.05, 0) is 27.7 Å². The van der Waals surface area contributed by atoms with Crippen molar-refractivity contribution in [3.05, 3.63) is 16.6 Å². The predicted molar refractivity (Wildman–Crippen MR) is 69.7 cm³/mol. The van der Waals surface area contributed by atoms with Crippen LogP contribution in [0.3, 0.4) is 0 Å². The topological polar surface area (TPSA) is 68.3 Å². The molecule has 0 bridgehead atoms. The summed E-state index contributed by atoms with van der Waals surface area (Å²) in [7, 11) is 0. The number of ketones is 1. The second-order valence-corrected chi connectivity index (χ2v) is 5.95. The average Bonchev–Trinajstić information content (AvgIpc) is 2.66. The average molecular weight is 270 g/mol. The van der Waals surface area contributed by atoms with Gasteiger partial charge in [0, 0.05) is 17.5 Å². The zero-order valence-corrected chi connectivity index (χ0v) is 11.8. The molecule has 1 aromatic rings. The largest absolute Gasteiger partial charge is 0.444 e. The lowest BCUT2D eigenvalue weighted by Crippen LogP contribution is -2.42. The lowest BCUT2D eigenvalue weighted by atomic mass is 10.1. The highest BCUT2D eigenvalue weighted by Gasteiger charge is 2.21. The van der Waals surface area contributed by atoms with Crippen LogP contribution >= 0.6 is 11.3 Å². The zero-order valence-electron chi connectivity index (χ0n) is 11.0. The van der Waals surface area contributed by atoms with Gasteiger partial charge in [-0.15, -0.1) is 11.3 Å². The number of amides is 1. The van der Waals surface area contributed by atoms with E-state index in [1.54, 1.807) is 39.4 Å². The fourth-order valence-electron chi connectivity index (χ4n) is 1.22. The maximum absolute atomic E-state index is 11.8. The maximum Gasteiger partial charge on any atom is 0.408 e. The fourth-order valence-corrected chi connectivity index (χ4v) is 1.82. The van der Waals surface area contributed by atoms with Crippen molar-refractivity contribution in [1.82, 2.24) is 10.3 Å². The summed E-state index contributed by atoms with van der Waals surface area (Å²) >= 11 is 1.42. The molecule has 1 N–H and O–H groups in total. The highest BCUT2D eigenvalue weighted by Crippen LogP contribution is 2.09. The SMILES string of the molecule is C[C@@H](NC(=O)OC(C)(C)C)C(=O)Cc1cncs1. The molecule has 1 amide bonds. The zero-order chi connectivity index (χ0) is 13.8. The Kier molecular flexibility index (Phi) is 4.84. The smallest absolute Gasteiger partial charge is 0.408 e. The molecule has 0 aliphatic rings. The molecular weight excluding hydrogens is 252 g/mol. The minimum atomic E-state index is -0.576. The molecule has 0 aromatic carbocycles. The van der Waals surface area contributed by atoms with E-state index in [-0.39, 0.29) is 12.2 Å². The van der Waals surface area contributed by atoms with E-state index in [9.17, 15) is 9.59 Å². The number of alkyl carbamates (subject to hydrolysis) is 1. The molecule has 6 heteroatoms. The van der Waals surface area contributed by atoms with Gasteiger partial charge in [0.1, 0.15) is 5.60 Å². The van der Waals surface area contributed by atoms with E-state index >= 15 is 0 Å². The van der Waals surface area contributed by atoms with Crippen LogP contribution in [0.4, 0.5) is 4.79 Å². The Morgan fingerprint density at radius 3 is 2.67 bits per heavy atom. The van der Waals surface area contributed by atoms with Crippen LogP contribution in [-0.2, 0) is 16.0 Å². The highest BCUT2D eigenvalue weighted by atomic mass is 32.1. The first kappa shape index (κ1) is 14.6. The van der Waals surface area contributed by atoms with Crippen LogP contribution in [-0.4, -0.2) is 28.5 Å². The molecule has 0 saturated heterocycles. The Morgan fingerprint density at radius 2 is 2.17 bits per heavy atom. The Morgan fingerprint density at radius 1 is 1.50 bits per heavy atom. The molecule has 0 radical (unpaired) electrons. The van der Waals surface area contributed by atoms with E-state index in [1.165, 1.54) is 11.3 Å². The third kappa shape index (κ3) is 5.27. The Labute approximate surface area is 111 Å². The van der Waals surface area contributed by atoms with Crippen LogP contribution in [0.15, 0.2) is 11.7 Å². The molecule has 5 nitrogen and oxygen atoms in total. The van der Waals surface area contributed by atoms with Crippen molar-refractivity contribution < 1.29 is 14.3 Å². The number of hydrogen-bond donors (Lipinski definition) is 1. The van der Waals surface area contributed by atoms with Crippen LogP contribution < -0.4 is 5.32 Å². The minimum Gasteiger partial charge on any atom is -0.444 e. The van der Waals surface area contributed by atoms with Gasteiger partial charge in [-0.25, -0.2) is 4.79 Å². The number of nitrogens with one attached hydrogen (secondary N) is 1. The summed E-state index contributed by atoms with van der Waals surface area (Å²) in [5.41, 5.74) is 1.11. The predicted octanol–water partition coefficient (Wildman–Crippen LogP) is 2.17. The number of aromatic nitrogens is 1. The molecule has 100 valence electrons. The molecule has 1 heterocycles. The fraction of sp³-hybridized carbons (Fsp3) is 0.583. The molecule has 0 fully saturated rings. The Balaban J connectivity index is 2.42. The van der Waals surface area contributed by atoms with Crippen LogP contribution in [0.5, 0.6) is 0 Å². The van der Waals surface area contributed by atoms with E-state index in [0.717, 1.165) is 4.88 Å². The number of ether oxygens (including phenoxy) is 1. The molecule has 0 aliphatic heterocycles. The molecule has 0 saturated carbocycles. The number of thiazole rings is 1. The van der Waals surface area contributed by atoms with Crippen molar-refractivity contribution >= 4 is 23.2 Å². The van der Waals surface area contributed by atoms with Crippen LogP contribution in [0.1, 0.15) is 32.6 Å². The summed E-state index contributed by atoms with van der Waals surface area (Å²) < 4.78 is 5.08. The first-order chi connectivity index (χ1) is 8.28. The van der Waals surface area contributed by atoms with Crippen LogP contribution in [0, 0.1) is 0 Å². The molecule has 1 aromatic heterocycles. The quantitative estimate of drug-likeness (QED) is 0.910. The van der Waals surface area contributed by atoms with Crippen molar-refractivity contribution in [2.24, 2.45) is 0 Å². The number of Topliss-reactive ketones (excluding diaryl/α,β-unsaturated/α-hetero) is 1. The number of hydrogen-bond acceptors (Lipinski definition) is 5. The molecule has 18 heavy (non-hydrogen) atoms. The summed E-state index contributed by atoms with van der Waals surface area (Å²) in [5, 5.41) is 2.52. The van der Waals surface area contributed by atoms with Crippen LogP contribution in [0.25, 0.3) is 0 Å². The van der Waals surface area contributed by atoms with Gasteiger partial charge in [0.05, 0.1) is 11.6 Å². The van der Waals surface area contributed by atoms with Gasteiger partial charge in [-0.2, -0.15) is 0 Å². The third-order valence-electron chi connectivity index (χ3n) is 2.05. The van der Waals surface area contributed by atoms with Crippen molar-refractivity contribution in [2.45, 2.75) is 45.8 Å². The highest BCUT2D eigenvalue weighted by molar-refractivity contribution is 7.09. The minimum absolute atomic E-state index is 0.0647. The van der Waals surface area contributed by atoms with Gasteiger partial charge < -0.3 is 10.1 Å². The summed E-state index contributed by atoms with van der Waals surface area (Å²) in [6.07, 6.45) is 1.36. The van der Waals surface area contributed by atoms with Crippen molar-refractivity contribution in [3.63, 3.8) is 0 Å². The summed E-state index contributed by atoms with van der Waals surface area (Å²) in [4.78, 5) is 28.1. The molecule has 1 rings (SSSR count). The van der Waals surface area contributed by atoms with Gasteiger partial charge in [-0.1, -0.05) is 0 Å².